The lowest BCUT2D eigenvalue weighted by Crippen LogP contribution is -2.10. The van der Waals surface area contributed by atoms with Crippen LogP contribution in [0.4, 0.5) is 68.2 Å². The molecule has 0 amide bonds. The quantitative estimate of drug-likeness (QED) is 0.121. The molecular formula is C109H72Br3ClN4S4. The van der Waals surface area contributed by atoms with Crippen molar-refractivity contribution in [2.24, 2.45) is 0 Å². The summed E-state index contributed by atoms with van der Waals surface area (Å²) in [5.74, 6) is 0. The zero-order chi connectivity index (χ0) is 81.4. The first-order chi connectivity index (χ1) is 59.5. The molecule has 0 unspecified atom stereocenters. The Balaban J connectivity index is 0.000000103. The highest BCUT2D eigenvalue weighted by Crippen LogP contribution is 2.51. The topological polar surface area (TPSA) is 13.0 Å². The minimum Gasteiger partial charge on any atom is -0.310 e. The molecule has 23 rings (SSSR count). The van der Waals surface area contributed by atoms with Gasteiger partial charge in [0.25, 0.3) is 0 Å². The molecule has 0 saturated heterocycles. The predicted octanol–water partition coefficient (Wildman–Crippen LogP) is 36.8. The van der Waals surface area contributed by atoms with Crippen LogP contribution in [-0.2, 0) is 0 Å². The summed E-state index contributed by atoms with van der Waals surface area (Å²) in [4.78, 5) is 9.33. The second kappa shape index (κ2) is 34.1. The molecule has 121 heavy (non-hydrogen) atoms. The van der Waals surface area contributed by atoms with Crippen molar-refractivity contribution in [3.63, 3.8) is 0 Å². The number of rotatable bonds is 12. The summed E-state index contributed by atoms with van der Waals surface area (Å²) in [6, 6.07) is 149. The maximum atomic E-state index is 6.72. The number of benzene rings is 19. The molecule has 23 aromatic rings. The maximum absolute atomic E-state index is 6.72. The lowest BCUT2D eigenvalue weighted by atomic mass is 9.98. The van der Waals surface area contributed by atoms with E-state index in [1.165, 1.54) is 142 Å². The zero-order valence-corrected chi connectivity index (χ0v) is 74.1. The number of hydrogen-bond donors (Lipinski definition) is 0. The van der Waals surface area contributed by atoms with E-state index in [2.05, 4.69) is 493 Å². The third-order valence-corrected chi connectivity index (χ3v) is 28.2. The molecule has 4 aromatic heterocycles. The van der Waals surface area contributed by atoms with Gasteiger partial charge in [0, 0.05) is 172 Å². The Labute approximate surface area is 747 Å². The van der Waals surface area contributed by atoms with Crippen molar-refractivity contribution < 1.29 is 0 Å². The van der Waals surface area contributed by atoms with Gasteiger partial charge in [-0.3, -0.25) is 0 Å². The van der Waals surface area contributed by atoms with Crippen LogP contribution in [0.5, 0.6) is 0 Å². The second-order valence-electron chi connectivity index (χ2n) is 29.7. The molecule has 0 spiro atoms. The highest BCUT2D eigenvalue weighted by molar-refractivity contribution is 9.11. The number of fused-ring (bicyclic) bond motifs is 17. The average molecular weight is 1840 g/mol. The Bertz CT molecular complexity index is 7680. The van der Waals surface area contributed by atoms with E-state index in [1.54, 1.807) is 0 Å². The molecule has 580 valence electrons. The fourth-order valence-electron chi connectivity index (χ4n) is 16.6. The number of hydrogen-bond acceptors (Lipinski definition) is 8. The van der Waals surface area contributed by atoms with Gasteiger partial charge < -0.3 is 19.6 Å². The van der Waals surface area contributed by atoms with Gasteiger partial charge in [0.1, 0.15) is 0 Å². The molecule has 4 nitrogen and oxygen atoms in total. The van der Waals surface area contributed by atoms with E-state index >= 15 is 0 Å². The largest absolute Gasteiger partial charge is 0.310 e. The third kappa shape index (κ3) is 15.6. The van der Waals surface area contributed by atoms with Crippen LogP contribution < -0.4 is 19.6 Å². The predicted molar refractivity (Wildman–Crippen MR) is 541 cm³/mol. The average Bonchev–Trinajstić information content (AvgIpc) is 1.60. The normalized spacial score (nSPS) is 11.3. The molecule has 0 N–H and O–H groups in total. The van der Waals surface area contributed by atoms with Gasteiger partial charge in [0.15, 0.2) is 0 Å². The van der Waals surface area contributed by atoms with Crippen molar-refractivity contribution in [2.45, 2.75) is 6.92 Å². The Morgan fingerprint density at radius 3 is 0.901 bits per heavy atom. The van der Waals surface area contributed by atoms with Crippen LogP contribution >= 0.6 is 105 Å². The first-order valence-corrected chi connectivity index (χ1v) is 45.9. The molecule has 0 atom stereocenters. The van der Waals surface area contributed by atoms with E-state index in [9.17, 15) is 0 Å². The summed E-state index contributed by atoms with van der Waals surface area (Å²) in [6.07, 6.45) is 0. The number of anilines is 12. The minimum absolute atomic E-state index is 0.805. The smallest absolute Gasteiger partial charge is 0.0554 e. The molecule has 0 fully saturated rings. The SMILES string of the molecule is Brc1ccc2c(c1)sc1cc(N(c3ccccc3)c3ccc4ccccc4c3)ccc12.Brc1ccc2c(c1)sc1cc(N(c3ccccc3)c3ccccc3)ccc12.Cc1cccc(N(c2ccccc2)c2ccc3c(c2)sc2cc(Br)ccc23)c1.Clc1cc2sc3cc(N(c4ccccc4)c4ccccc4)c4ccccc4c3c2c2ccccc12. The molecule has 0 radical (unpaired) electrons. The number of aryl methyl sites for hydroxylation is 1. The summed E-state index contributed by atoms with van der Waals surface area (Å²) < 4.78 is 13.7. The van der Waals surface area contributed by atoms with E-state index in [-0.39, 0.29) is 0 Å². The van der Waals surface area contributed by atoms with Crippen LogP contribution in [0.1, 0.15) is 5.56 Å². The number of para-hydroxylation sites is 6. The number of thiophene rings is 4. The van der Waals surface area contributed by atoms with Crippen LogP contribution in [0.15, 0.2) is 432 Å². The minimum atomic E-state index is 0.805. The molecule has 0 aliphatic carbocycles. The molecule has 0 saturated carbocycles. The lowest BCUT2D eigenvalue weighted by Gasteiger charge is -2.27. The van der Waals surface area contributed by atoms with E-state index in [1.807, 2.05) is 45.3 Å². The van der Waals surface area contributed by atoms with Gasteiger partial charge in [-0.25, -0.2) is 0 Å². The van der Waals surface area contributed by atoms with Crippen molar-refractivity contribution in [3.05, 3.63) is 443 Å². The monoisotopic (exact) mass is 1840 g/mol. The Kier molecular flexibility index (Phi) is 21.8. The first-order valence-electron chi connectivity index (χ1n) is 39.9. The van der Waals surface area contributed by atoms with Gasteiger partial charge in [0.2, 0.25) is 0 Å². The van der Waals surface area contributed by atoms with Gasteiger partial charge in [0.05, 0.1) is 5.69 Å². The molecule has 0 aliphatic heterocycles. The van der Waals surface area contributed by atoms with Crippen LogP contribution in [0, 0.1) is 6.92 Å². The first kappa shape index (κ1) is 77.4. The summed E-state index contributed by atoms with van der Waals surface area (Å²) in [5, 5.41) is 18.6. The standard InChI is InChI=1S/C32H20ClNS.C28H18BrNS.C25H18BrNS.C24H16BrNS/c33-27-19-29-31(25-17-9-7-15-23(25)27)32-26-18-10-8-16-24(26)28(20-30(32)35-29)34(21-11-3-1-4-12-21)22-13-5-2-6-14-22;29-21-11-14-25-26-15-13-24(18-28(26)31-27(25)17-21)30(22-8-2-1-3-9-22)23-12-10-19-6-4-5-7-20(19)16-23;1-17-6-5-9-20(14-17)27(19-7-3-2-4-8-19)21-11-13-23-22-12-10-18(26)15-24(22)28-25(23)16-21;25-17-11-13-21-22-14-12-20(16-24(22)27-23(21)15-17)26(18-7-3-1-4-8-18)19-9-5-2-6-10-19/h1-20H;1-18H;2-16H,1H3;1-16H. The highest BCUT2D eigenvalue weighted by Gasteiger charge is 2.23. The lowest BCUT2D eigenvalue weighted by molar-refractivity contribution is 1.28. The molecular weight excluding hydrogens is 1770 g/mol. The number of nitrogens with zero attached hydrogens (tertiary/aromatic N) is 4. The van der Waals surface area contributed by atoms with Crippen molar-refractivity contribution >= 4 is 286 Å². The van der Waals surface area contributed by atoms with E-state index in [0.717, 1.165) is 63.6 Å². The van der Waals surface area contributed by atoms with Crippen molar-refractivity contribution in [1.82, 2.24) is 0 Å². The Morgan fingerprint density at radius 2 is 0.488 bits per heavy atom. The maximum Gasteiger partial charge on any atom is 0.0554 e. The van der Waals surface area contributed by atoms with Crippen LogP contribution in [0.3, 0.4) is 0 Å². The van der Waals surface area contributed by atoms with Crippen molar-refractivity contribution in [3.8, 4) is 0 Å². The number of halogens is 4. The zero-order valence-electron chi connectivity index (χ0n) is 65.3. The van der Waals surface area contributed by atoms with Crippen LogP contribution in [0.2, 0.25) is 5.02 Å². The summed E-state index contributed by atoms with van der Waals surface area (Å²) in [5.41, 5.74) is 15.2. The van der Waals surface area contributed by atoms with Gasteiger partial charge in [-0.2, -0.15) is 0 Å². The Morgan fingerprint density at radius 1 is 0.198 bits per heavy atom. The van der Waals surface area contributed by atoms with E-state index in [4.69, 9.17) is 11.6 Å². The third-order valence-electron chi connectivity index (χ3n) is 22.0. The molecule has 4 heterocycles. The second-order valence-corrected chi connectivity index (χ2v) is 37.2. The van der Waals surface area contributed by atoms with Gasteiger partial charge in [-0.05, 0) is 216 Å². The van der Waals surface area contributed by atoms with E-state index < -0.39 is 0 Å². The van der Waals surface area contributed by atoms with Crippen LogP contribution in [0.25, 0.3) is 113 Å². The van der Waals surface area contributed by atoms with E-state index in [0.29, 0.717) is 0 Å². The Hall–Kier alpha value is -12.2. The van der Waals surface area contributed by atoms with Crippen LogP contribution in [-0.4, -0.2) is 0 Å². The van der Waals surface area contributed by atoms with Crippen molar-refractivity contribution in [1.29, 1.82) is 0 Å². The summed E-state index contributed by atoms with van der Waals surface area (Å²) in [6.45, 7) is 2.14. The molecule has 19 aromatic carbocycles. The molecule has 0 bridgehead atoms. The highest BCUT2D eigenvalue weighted by atomic mass is 79.9. The fourth-order valence-corrected chi connectivity index (χ4v) is 23.2. The van der Waals surface area contributed by atoms with Crippen molar-refractivity contribution in [2.75, 3.05) is 19.6 Å². The summed E-state index contributed by atoms with van der Waals surface area (Å²) >= 11 is 24.9. The fraction of sp³-hybridized carbons (Fsp3) is 0.00917. The summed E-state index contributed by atoms with van der Waals surface area (Å²) in [7, 11) is 0. The molecule has 12 heteroatoms. The molecule has 0 aliphatic rings. The van der Waals surface area contributed by atoms with Gasteiger partial charge >= 0.3 is 0 Å². The van der Waals surface area contributed by atoms with Gasteiger partial charge in [-0.15, -0.1) is 45.3 Å². The van der Waals surface area contributed by atoms with Gasteiger partial charge in [-0.1, -0.05) is 296 Å².